The third-order valence-corrected chi connectivity index (χ3v) is 8.46. The molecule has 2 saturated heterocycles. The van der Waals surface area contributed by atoms with Crippen molar-refractivity contribution in [2.75, 3.05) is 5.32 Å². The summed E-state index contributed by atoms with van der Waals surface area (Å²) >= 11 is 2.95. The van der Waals surface area contributed by atoms with Crippen LogP contribution in [0, 0.1) is 12.8 Å². The summed E-state index contributed by atoms with van der Waals surface area (Å²) in [6.07, 6.45) is 5.55. The summed E-state index contributed by atoms with van der Waals surface area (Å²) < 4.78 is 0. The van der Waals surface area contributed by atoms with E-state index in [1.54, 1.807) is 13.1 Å². The van der Waals surface area contributed by atoms with Gasteiger partial charge in [-0.1, -0.05) is 6.92 Å². The van der Waals surface area contributed by atoms with Crippen LogP contribution in [0.1, 0.15) is 66.7 Å². The molecular formula is C23H27N5O2S2. The first-order valence-electron chi connectivity index (χ1n) is 11.1. The zero-order chi connectivity index (χ0) is 22.4. The van der Waals surface area contributed by atoms with Crippen molar-refractivity contribution in [2.24, 2.45) is 5.92 Å². The van der Waals surface area contributed by atoms with Crippen molar-refractivity contribution in [3.8, 4) is 10.6 Å². The number of carbonyl (C=O) groups is 1. The van der Waals surface area contributed by atoms with Gasteiger partial charge in [-0.25, -0.2) is 15.0 Å². The van der Waals surface area contributed by atoms with E-state index in [0.717, 1.165) is 47.1 Å². The minimum absolute atomic E-state index is 0.106. The van der Waals surface area contributed by atoms with Gasteiger partial charge in [-0.2, -0.15) is 0 Å². The molecular weight excluding hydrogens is 442 g/mol. The molecule has 3 atom stereocenters. The molecule has 0 spiro atoms. The van der Waals surface area contributed by atoms with E-state index in [-0.39, 0.29) is 5.91 Å². The molecule has 9 heteroatoms. The Morgan fingerprint density at radius 1 is 1.25 bits per heavy atom. The van der Waals surface area contributed by atoms with Crippen molar-refractivity contribution in [2.45, 2.75) is 64.6 Å². The molecule has 7 nitrogen and oxygen atoms in total. The van der Waals surface area contributed by atoms with E-state index in [2.05, 4.69) is 32.1 Å². The normalized spacial score (nSPS) is 23.4. The predicted octanol–water partition coefficient (Wildman–Crippen LogP) is 5.17. The number of aryl methyl sites for hydroxylation is 1. The van der Waals surface area contributed by atoms with Gasteiger partial charge in [-0.15, -0.1) is 22.7 Å². The van der Waals surface area contributed by atoms with Crippen LogP contribution in [-0.2, 0) is 0 Å². The van der Waals surface area contributed by atoms with Crippen LogP contribution in [0.25, 0.3) is 10.6 Å². The number of hydrogen-bond donors (Lipinski definition) is 2. The van der Waals surface area contributed by atoms with Crippen LogP contribution in [0.4, 0.5) is 10.9 Å². The number of anilines is 2. The van der Waals surface area contributed by atoms with Crippen molar-refractivity contribution in [3.63, 3.8) is 0 Å². The maximum atomic E-state index is 13.1. The average Bonchev–Trinajstić information content (AvgIpc) is 3.44. The second-order valence-electron chi connectivity index (χ2n) is 8.91. The molecule has 2 aliphatic rings. The highest BCUT2D eigenvalue weighted by molar-refractivity contribution is 7.17. The van der Waals surface area contributed by atoms with Crippen molar-refractivity contribution in [3.05, 3.63) is 40.0 Å². The highest BCUT2D eigenvalue weighted by Gasteiger charge is 2.42. The number of aliphatic hydroxyl groups excluding tert-OH is 1. The topological polar surface area (TPSA) is 91.2 Å². The molecule has 3 aromatic rings. The summed E-state index contributed by atoms with van der Waals surface area (Å²) in [5, 5.41) is 16.4. The fraction of sp³-hybridized carbons (Fsp3) is 0.478. The van der Waals surface area contributed by atoms with Gasteiger partial charge < -0.3 is 15.3 Å². The first-order valence-corrected chi connectivity index (χ1v) is 12.8. The zero-order valence-electron chi connectivity index (χ0n) is 18.4. The summed E-state index contributed by atoms with van der Waals surface area (Å²) in [5.41, 5.74) is 2.35. The van der Waals surface area contributed by atoms with E-state index in [0.29, 0.717) is 34.4 Å². The number of pyridine rings is 1. The van der Waals surface area contributed by atoms with Crippen molar-refractivity contribution in [1.82, 2.24) is 19.9 Å². The van der Waals surface area contributed by atoms with E-state index < -0.39 is 6.10 Å². The Bertz CT molecular complexity index is 1110. The minimum atomic E-state index is -0.586. The maximum Gasteiger partial charge on any atom is 0.255 e. The summed E-state index contributed by atoms with van der Waals surface area (Å²) in [4.78, 5) is 29.7. The molecule has 5 heterocycles. The number of nitrogens with zero attached hydrogens (tertiary/aromatic N) is 4. The maximum absolute atomic E-state index is 13.1. The zero-order valence-corrected chi connectivity index (χ0v) is 20.0. The lowest BCUT2D eigenvalue weighted by Gasteiger charge is -2.37. The third-order valence-electron chi connectivity index (χ3n) is 6.36. The lowest BCUT2D eigenvalue weighted by atomic mass is 9.92. The number of thiazole rings is 2. The Labute approximate surface area is 195 Å². The molecule has 0 aromatic carbocycles. The fourth-order valence-electron chi connectivity index (χ4n) is 4.90. The average molecular weight is 470 g/mol. The molecule has 3 unspecified atom stereocenters. The highest BCUT2D eigenvalue weighted by atomic mass is 32.1. The largest absolute Gasteiger partial charge is 0.386 e. The van der Waals surface area contributed by atoms with Crippen LogP contribution < -0.4 is 5.32 Å². The SMILES string of the molecule is Cc1nc(C(C)O)sc1-c1csc(Nc2ccc(C(=O)N3C4CCC3CC(C)C4)cn2)n1. The predicted molar refractivity (Wildman–Crippen MR) is 127 cm³/mol. The monoisotopic (exact) mass is 469 g/mol. The third kappa shape index (κ3) is 4.04. The van der Waals surface area contributed by atoms with Crippen LogP contribution in [0.5, 0.6) is 0 Å². The molecule has 2 aliphatic heterocycles. The molecule has 0 saturated carbocycles. The standard InChI is InChI=1S/C23H27N5O2S2/c1-12-8-16-5-6-17(9-12)28(16)22(30)15-4-7-19(24-10-15)27-23-26-18(11-31-23)20-13(2)25-21(32-20)14(3)29/h4,7,10-12,14,16-17,29H,5-6,8-9H2,1-3H3,(H,24,26,27). The molecule has 2 N–H and O–H groups in total. The first kappa shape index (κ1) is 21.5. The highest BCUT2D eigenvalue weighted by Crippen LogP contribution is 2.39. The van der Waals surface area contributed by atoms with Gasteiger partial charge in [0.05, 0.1) is 21.8 Å². The van der Waals surface area contributed by atoms with E-state index in [1.807, 2.05) is 24.4 Å². The minimum Gasteiger partial charge on any atom is -0.386 e. The molecule has 0 aliphatic carbocycles. The molecule has 2 fully saturated rings. The van der Waals surface area contributed by atoms with Gasteiger partial charge in [0.15, 0.2) is 5.13 Å². The van der Waals surface area contributed by atoms with Crippen molar-refractivity contribution >= 4 is 39.5 Å². The second-order valence-corrected chi connectivity index (χ2v) is 10.8. The van der Waals surface area contributed by atoms with Crippen LogP contribution in [-0.4, -0.2) is 42.9 Å². The Balaban J connectivity index is 1.27. The Morgan fingerprint density at radius 3 is 2.62 bits per heavy atom. The number of hydrogen-bond acceptors (Lipinski definition) is 8. The number of fused-ring (bicyclic) bond motifs is 2. The summed E-state index contributed by atoms with van der Waals surface area (Å²) in [6, 6.07) is 4.46. The molecule has 0 radical (unpaired) electrons. The Kier molecular flexibility index (Phi) is 5.73. The number of amides is 1. The number of rotatable bonds is 5. The molecule has 3 aromatic heterocycles. The Hall–Kier alpha value is -2.36. The van der Waals surface area contributed by atoms with E-state index in [9.17, 15) is 9.90 Å². The number of piperidine rings is 1. The van der Waals surface area contributed by atoms with Gasteiger partial charge >= 0.3 is 0 Å². The van der Waals surface area contributed by atoms with Crippen molar-refractivity contribution in [1.29, 1.82) is 0 Å². The lowest BCUT2D eigenvalue weighted by Crippen LogP contribution is -2.46. The van der Waals surface area contributed by atoms with Crippen LogP contribution >= 0.6 is 22.7 Å². The van der Waals surface area contributed by atoms with Gasteiger partial charge in [-0.05, 0) is 57.6 Å². The molecule has 2 bridgehead atoms. The molecule has 32 heavy (non-hydrogen) atoms. The first-order chi connectivity index (χ1) is 15.4. The van der Waals surface area contributed by atoms with E-state index >= 15 is 0 Å². The number of aliphatic hydroxyl groups is 1. The lowest BCUT2D eigenvalue weighted by molar-refractivity contribution is 0.0538. The fourth-order valence-corrected chi connectivity index (χ4v) is 6.65. The molecule has 168 valence electrons. The quantitative estimate of drug-likeness (QED) is 0.536. The van der Waals surface area contributed by atoms with E-state index in [1.165, 1.54) is 22.7 Å². The van der Waals surface area contributed by atoms with Crippen LogP contribution in [0.15, 0.2) is 23.7 Å². The summed E-state index contributed by atoms with van der Waals surface area (Å²) in [6.45, 7) is 5.94. The number of aromatic nitrogens is 3. The second kappa shape index (κ2) is 8.53. The summed E-state index contributed by atoms with van der Waals surface area (Å²) in [5.74, 6) is 1.47. The van der Waals surface area contributed by atoms with Gasteiger partial charge in [0.1, 0.15) is 16.9 Å². The molecule has 1 amide bonds. The van der Waals surface area contributed by atoms with Gasteiger partial charge in [0.2, 0.25) is 0 Å². The number of carbonyl (C=O) groups excluding carboxylic acids is 1. The van der Waals surface area contributed by atoms with E-state index in [4.69, 9.17) is 0 Å². The van der Waals surface area contributed by atoms with Gasteiger partial charge in [-0.3, -0.25) is 4.79 Å². The number of nitrogens with one attached hydrogen (secondary N) is 1. The summed E-state index contributed by atoms with van der Waals surface area (Å²) in [7, 11) is 0. The smallest absolute Gasteiger partial charge is 0.255 e. The molecule has 5 rings (SSSR count). The van der Waals surface area contributed by atoms with Crippen LogP contribution in [0.3, 0.4) is 0 Å². The Morgan fingerprint density at radius 2 is 2.00 bits per heavy atom. The van der Waals surface area contributed by atoms with Gasteiger partial charge in [0, 0.05) is 23.7 Å². The van der Waals surface area contributed by atoms with Crippen molar-refractivity contribution < 1.29 is 9.90 Å². The van der Waals surface area contributed by atoms with Gasteiger partial charge in [0.25, 0.3) is 5.91 Å². The van der Waals surface area contributed by atoms with Crippen LogP contribution in [0.2, 0.25) is 0 Å².